The van der Waals surface area contributed by atoms with Crippen molar-refractivity contribution in [3.63, 3.8) is 0 Å². The minimum atomic E-state index is -0.760. The summed E-state index contributed by atoms with van der Waals surface area (Å²) < 4.78 is 5.55. The summed E-state index contributed by atoms with van der Waals surface area (Å²) in [4.78, 5) is 37.5. The predicted molar refractivity (Wildman–Crippen MR) is 135 cm³/mol. The standard InChI is InChI=1S/C26H21N5O6/c27-18-20(26(32)29-14-12-28(13-15-29)21-4-2-1-3-5-21)16-19-6-9-23(10-7-19)37-25-11-8-22(30(33)34)17-24(25)31(35)36/h1-11,16-17H,12-15H2/b20-16-. The molecule has 0 spiro atoms. The highest BCUT2D eigenvalue weighted by Crippen LogP contribution is 2.34. The number of amides is 1. The van der Waals surface area contributed by atoms with Gasteiger partial charge in [0.05, 0.1) is 15.9 Å². The highest BCUT2D eigenvalue weighted by atomic mass is 16.6. The number of hydrogen-bond acceptors (Lipinski definition) is 8. The number of anilines is 1. The quantitative estimate of drug-likeness (QED) is 0.199. The van der Waals surface area contributed by atoms with Gasteiger partial charge in [-0.1, -0.05) is 30.3 Å². The number of hydrogen-bond donors (Lipinski definition) is 0. The van der Waals surface area contributed by atoms with Gasteiger partial charge in [-0.05, 0) is 42.0 Å². The Morgan fingerprint density at radius 1 is 0.919 bits per heavy atom. The molecular weight excluding hydrogens is 478 g/mol. The van der Waals surface area contributed by atoms with E-state index < -0.39 is 21.2 Å². The molecule has 3 aromatic rings. The Morgan fingerprint density at radius 2 is 1.59 bits per heavy atom. The van der Waals surface area contributed by atoms with Crippen LogP contribution in [-0.2, 0) is 4.79 Å². The molecule has 0 aliphatic carbocycles. The molecule has 0 atom stereocenters. The number of para-hydroxylation sites is 1. The fourth-order valence-corrected chi connectivity index (χ4v) is 3.89. The number of carbonyl (C=O) groups excluding carboxylic acids is 1. The first-order valence-electron chi connectivity index (χ1n) is 11.3. The van der Waals surface area contributed by atoms with E-state index in [1.165, 1.54) is 18.2 Å². The lowest BCUT2D eigenvalue weighted by molar-refractivity contribution is -0.394. The van der Waals surface area contributed by atoms with E-state index in [4.69, 9.17) is 4.74 Å². The zero-order chi connectivity index (χ0) is 26.4. The molecule has 4 rings (SSSR count). The molecule has 1 fully saturated rings. The number of nitro benzene ring substituents is 2. The molecule has 0 N–H and O–H groups in total. The molecule has 1 heterocycles. The van der Waals surface area contributed by atoms with Gasteiger partial charge in [-0.2, -0.15) is 5.26 Å². The Hall–Kier alpha value is -5.24. The number of carbonyl (C=O) groups is 1. The Bertz CT molecular complexity index is 1390. The minimum absolute atomic E-state index is 0.00663. The molecule has 1 aliphatic rings. The van der Waals surface area contributed by atoms with Crippen molar-refractivity contribution in [1.82, 2.24) is 4.90 Å². The monoisotopic (exact) mass is 499 g/mol. The Morgan fingerprint density at radius 3 is 2.19 bits per heavy atom. The number of ether oxygens (including phenoxy) is 1. The van der Waals surface area contributed by atoms with Gasteiger partial charge in [-0.3, -0.25) is 25.0 Å². The molecule has 186 valence electrons. The smallest absolute Gasteiger partial charge is 0.318 e. The van der Waals surface area contributed by atoms with Crippen molar-refractivity contribution in [3.05, 3.63) is 104 Å². The van der Waals surface area contributed by atoms with Crippen molar-refractivity contribution in [1.29, 1.82) is 5.26 Å². The van der Waals surface area contributed by atoms with E-state index in [0.29, 0.717) is 31.7 Å². The van der Waals surface area contributed by atoms with Crippen LogP contribution in [0.5, 0.6) is 11.5 Å². The van der Waals surface area contributed by atoms with Gasteiger partial charge >= 0.3 is 5.69 Å². The maximum atomic E-state index is 12.9. The van der Waals surface area contributed by atoms with Gasteiger partial charge in [0.15, 0.2) is 0 Å². The predicted octanol–water partition coefficient (Wildman–Crippen LogP) is 4.55. The van der Waals surface area contributed by atoms with Gasteiger partial charge in [0.1, 0.15) is 17.4 Å². The summed E-state index contributed by atoms with van der Waals surface area (Å²) in [6.45, 7) is 2.31. The fourth-order valence-electron chi connectivity index (χ4n) is 3.89. The third-order valence-corrected chi connectivity index (χ3v) is 5.81. The zero-order valence-electron chi connectivity index (χ0n) is 19.5. The third kappa shape index (κ3) is 5.88. The van der Waals surface area contributed by atoms with Crippen molar-refractivity contribution in [3.8, 4) is 17.6 Å². The summed E-state index contributed by atoms with van der Waals surface area (Å²) in [6, 6.07) is 21.2. The lowest BCUT2D eigenvalue weighted by Gasteiger charge is -2.36. The number of benzene rings is 3. The van der Waals surface area contributed by atoms with Gasteiger partial charge in [-0.25, -0.2) is 0 Å². The number of piperazine rings is 1. The summed E-state index contributed by atoms with van der Waals surface area (Å²) in [5, 5.41) is 31.8. The van der Waals surface area contributed by atoms with Crippen molar-refractivity contribution in [2.75, 3.05) is 31.1 Å². The average Bonchev–Trinajstić information content (AvgIpc) is 2.92. The molecule has 3 aromatic carbocycles. The zero-order valence-corrected chi connectivity index (χ0v) is 19.5. The van der Waals surface area contributed by atoms with Gasteiger partial charge in [0, 0.05) is 37.9 Å². The SMILES string of the molecule is N#C/C(=C/c1ccc(Oc2ccc([N+](=O)[O-])cc2[N+](=O)[O-])cc1)C(=O)N1CCN(c2ccccc2)CC1. The Labute approximate surface area is 211 Å². The summed E-state index contributed by atoms with van der Waals surface area (Å²) in [5.41, 5.74) is 0.691. The largest absolute Gasteiger partial charge is 0.450 e. The van der Waals surface area contributed by atoms with Crippen LogP contribution >= 0.6 is 0 Å². The molecule has 1 saturated heterocycles. The first-order chi connectivity index (χ1) is 17.9. The number of nitrogens with zero attached hydrogens (tertiary/aromatic N) is 5. The van der Waals surface area contributed by atoms with Gasteiger partial charge < -0.3 is 14.5 Å². The van der Waals surface area contributed by atoms with Crippen LogP contribution in [0.1, 0.15) is 5.56 Å². The van der Waals surface area contributed by atoms with E-state index in [1.807, 2.05) is 36.4 Å². The van der Waals surface area contributed by atoms with Crippen LogP contribution in [0.2, 0.25) is 0 Å². The molecule has 11 nitrogen and oxygen atoms in total. The lowest BCUT2D eigenvalue weighted by atomic mass is 10.1. The van der Waals surface area contributed by atoms with Crippen LogP contribution in [0, 0.1) is 31.6 Å². The maximum absolute atomic E-state index is 12.9. The van der Waals surface area contributed by atoms with Crippen molar-refractivity contribution in [2.24, 2.45) is 0 Å². The summed E-state index contributed by atoms with van der Waals surface area (Å²) in [6.07, 6.45) is 1.48. The molecule has 0 radical (unpaired) electrons. The van der Waals surface area contributed by atoms with Gasteiger partial charge in [-0.15, -0.1) is 0 Å². The molecule has 37 heavy (non-hydrogen) atoms. The molecule has 0 unspecified atom stereocenters. The van der Waals surface area contributed by atoms with E-state index in [0.717, 1.165) is 23.9 Å². The summed E-state index contributed by atoms with van der Waals surface area (Å²) in [7, 11) is 0. The van der Waals surface area contributed by atoms with E-state index in [2.05, 4.69) is 4.90 Å². The van der Waals surface area contributed by atoms with Gasteiger partial charge in [0.2, 0.25) is 5.75 Å². The maximum Gasteiger partial charge on any atom is 0.318 e. The Balaban J connectivity index is 1.43. The molecule has 0 saturated carbocycles. The molecule has 1 aliphatic heterocycles. The van der Waals surface area contributed by atoms with Gasteiger partial charge in [0.25, 0.3) is 11.6 Å². The lowest BCUT2D eigenvalue weighted by Crippen LogP contribution is -2.49. The number of non-ortho nitro benzene ring substituents is 1. The average molecular weight is 499 g/mol. The van der Waals surface area contributed by atoms with Crippen LogP contribution in [0.25, 0.3) is 6.08 Å². The van der Waals surface area contributed by atoms with Crippen LogP contribution in [0.3, 0.4) is 0 Å². The molecule has 0 bridgehead atoms. The number of nitriles is 1. The molecule has 11 heteroatoms. The Kier molecular flexibility index (Phi) is 7.40. The van der Waals surface area contributed by atoms with E-state index in [-0.39, 0.29) is 23.0 Å². The van der Waals surface area contributed by atoms with E-state index >= 15 is 0 Å². The molecular formula is C26H21N5O6. The van der Waals surface area contributed by atoms with Crippen molar-refractivity contribution < 1.29 is 19.4 Å². The molecule has 0 aromatic heterocycles. The molecule has 1 amide bonds. The summed E-state index contributed by atoms with van der Waals surface area (Å²) >= 11 is 0. The number of rotatable bonds is 7. The normalized spacial score (nSPS) is 13.5. The van der Waals surface area contributed by atoms with E-state index in [1.54, 1.807) is 17.0 Å². The second kappa shape index (κ2) is 11.0. The highest BCUT2D eigenvalue weighted by molar-refractivity contribution is 6.01. The second-order valence-corrected chi connectivity index (χ2v) is 8.12. The van der Waals surface area contributed by atoms with Crippen LogP contribution in [0.4, 0.5) is 17.1 Å². The van der Waals surface area contributed by atoms with E-state index in [9.17, 15) is 30.3 Å². The summed E-state index contributed by atoms with van der Waals surface area (Å²) in [5.74, 6) is -0.255. The minimum Gasteiger partial charge on any atom is -0.450 e. The second-order valence-electron chi connectivity index (χ2n) is 8.12. The number of nitro groups is 2. The highest BCUT2D eigenvalue weighted by Gasteiger charge is 2.24. The van der Waals surface area contributed by atoms with Crippen LogP contribution in [0.15, 0.2) is 78.4 Å². The van der Waals surface area contributed by atoms with Crippen molar-refractivity contribution in [2.45, 2.75) is 0 Å². The van der Waals surface area contributed by atoms with Crippen molar-refractivity contribution >= 4 is 29.0 Å². The first-order valence-corrected chi connectivity index (χ1v) is 11.3. The third-order valence-electron chi connectivity index (χ3n) is 5.81. The van der Waals surface area contributed by atoms with Crippen LogP contribution < -0.4 is 9.64 Å². The topological polar surface area (TPSA) is 143 Å². The fraction of sp³-hybridized carbons (Fsp3) is 0.154. The first kappa shape index (κ1) is 24.9. The van der Waals surface area contributed by atoms with Crippen LogP contribution in [-0.4, -0.2) is 46.8 Å².